The third kappa shape index (κ3) is 3.17. The predicted octanol–water partition coefficient (Wildman–Crippen LogP) is 5.22. The summed E-state index contributed by atoms with van der Waals surface area (Å²) in [5.41, 5.74) is 0.263. The van der Waals surface area contributed by atoms with Crippen LogP contribution in [0.25, 0.3) is 0 Å². The third-order valence-corrected chi connectivity index (χ3v) is 9.02. The van der Waals surface area contributed by atoms with E-state index in [4.69, 9.17) is 9.47 Å². The van der Waals surface area contributed by atoms with E-state index in [0.717, 1.165) is 19.4 Å². The summed E-state index contributed by atoms with van der Waals surface area (Å²) in [5.74, 6) is 3.64. The van der Waals surface area contributed by atoms with Gasteiger partial charge in [0.05, 0.1) is 12.7 Å². The average molecular weight is 363 g/mol. The molecule has 0 N–H and O–H groups in total. The molecule has 26 heavy (non-hydrogen) atoms. The minimum Gasteiger partial charge on any atom is -0.352 e. The smallest absolute Gasteiger partial charge is 0.160 e. The van der Waals surface area contributed by atoms with E-state index in [0.29, 0.717) is 41.6 Å². The highest BCUT2D eigenvalue weighted by atomic mass is 16.7. The molecule has 0 spiro atoms. The van der Waals surface area contributed by atoms with Gasteiger partial charge in [-0.1, -0.05) is 40.0 Å². The fraction of sp³-hybridized carbons (Fsp3) is 0.957. The van der Waals surface area contributed by atoms with Crippen molar-refractivity contribution in [2.45, 2.75) is 91.0 Å². The largest absolute Gasteiger partial charge is 0.352 e. The van der Waals surface area contributed by atoms with Crippen molar-refractivity contribution in [3.63, 3.8) is 0 Å². The van der Waals surface area contributed by atoms with Gasteiger partial charge in [0.15, 0.2) is 6.29 Å². The highest BCUT2D eigenvalue weighted by Crippen LogP contribution is 2.58. The zero-order chi connectivity index (χ0) is 18.3. The molecule has 4 rings (SSSR count). The summed E-state index contributed by atoms with van der Waals surface area (Å²) in [6.07, 6.45) is 12.5. The van der Waals surface area contributed by atoms with Crippen LogP contribution in [0, 0.1) is 40.9 Å². The molecule has 3 saturated carbocycles. The number of fused-ring (bicyclic) bond motifs is 3. The second kappa shape index (κ2) is 7.54. The first-order valence-corrected chi connectivity index (χ1v) is 11.2. The molecular formula is C23H38O3. The van der Waals surface area contributed by atoms with E-state index in [-0.39, 0.29) is 11.7 Å². The normalized spacial score (nSPS) is 49.9. The van der Waals surface area contributed by atoms with Crippen molar-refractivity contribution in [1.82, 2.24) is 0 Å². The molecule has 3 aliphatic carbocycles. The fourth-order valence-electron chi connectivity index (χ4n) is 7.18. The molecule has 0 radical (unpaired) electrons. The molecule has 0 aromatic rings. The molecule has 1 heterocycles. The van der Waals surface area contributed by atoms with E-state index < -0.39 is 0 Å². The van der Waals surface area contributed by atoms with Gasteiger partial charge >= 0.3 is 0 Å². The van der Waals surface area contributed by atoms with Gasteiger partial charge in [-0.3, -0.25) is 0 Å². The molecule has 1 saturated heterocycles. The van der Waals surface area contributed by atoms with Crippen molar-refractivity contribution in [3.8, 4) is 0 Å². The Balaban J connectivity index is 1.54. The van der Waals surface area contributed by atoms with Crippen LogP contribution in [0.1, 0.15) is 78.6 Å². The van der Waals surface area contributed by atoms with Gasteiger partial charge < -0.3 is 14.3 Å². The van der Waals surface area contributed by atoms with Gasteiger partial charge in [0.1, 0.15) is 6.29 Å². The Kier molecular flexibility index (Phi) is 5.49. The zero-order valence-corrected chi connectivity index (χ0v) is 17.0. The van der Waals surface area contributed by atoms with Crippen LogP contribution in [0.15, 0.2) is 0 Å². The molecule has 0 amide bonds. The molecule has 4 unspecified atom stereocenters. The average Bonchev–Trinajstić information content (AvgIpc) is 3.16. The highest BCUT2D eigenvalue weighted by molar-refractivity contribution is 5.50. The summed E-state index contributed by atoms with van der Waals surface area (Å²) in [6.45, 7) is 8.15. The Morgan fingerprint density at radius 1 is 1.08 bits per heavy atom. The lowest BCUT2D eigenvalue weighted by molar-refractivity contribution is -0.283. The van der Waals surface area contributed by atoms with Gasteiger partial charge in [0, 0.05) is 18.3 Å². The first-order chi connectivity index (χ1) is 12.5. The number of carbonyl (C=O) groups excluding carboxylic acids is 1. The molecule has 4 fully saturated rings. The predicted molar refractivity (Wildman–Crippen MR) is 103 cm³/mol. The van der Waals surface area contributed by atoms with Crippen LogP contribution in [0.2, 0.25) is 0 Å². The Bertz CT molecular complexity index is 500. The van der Waals surface area contributed by atoms with Crippen molar-refractivity contribution in [2.75, 3.05) is 6.61 Å². The minimum atomic E-state index is 0.0532. The quantitative estimate of drug-likeness (QED) is 0.646. The van der Waals surface area contributed by atoms with Crippen molar-refractivity contribution in [1.29, 1.82) is 0 Å². The standard InChI is InChI=1S/C23H38O3/c1-15-8-9-20-18-14-25-22(17-6-4-5-7-17)26-21(18)10-12-23(20,3)19(11-13-24)16(15)2/h13,15-22H,4-12,14H2,1-3H3/t15?,16?,18?,19-,20?,21-,22-,23+/m1/s1. The van der Waals surface area contributed by atoms with E-state index in [9.17, 15) is 4.79 Å². The summed E-state index contributed by atoms with van der Waals surface area (Å²) in [7, 11) is 0. The molecule has 0 bridgehead atoms. The molecule has 148 valence electrons. The molecule has 3 heteroatoms. The van der Waals surface area contributed by atoms with Gasteiger partial charge in [-0.2, -0.15) is 0 Å². The lowest BCUT2D eigenvalue weighted by Crippen LogP contribution is -2.54. The van der Waals surface area contributed by atoms with Gasteiger partial charge in [-0.25, -0.2) is 0 Å². The summed E-state index contributed by atoms with van der Waals surface area (Å²) in [5, 5.41) is 0. The van der Waals surface area contributed by atoms with Crippen LogP contribution in [-0.4, -0.2) is 25.3 Å². The van der Waals surface area contributed by atoms with Crippen molar-refractivity contribution < 1.29 is 14.3 Å². The number of hydrogen-bond acceptors (Lipinski definition) is 3. The Morgan fingerprint density at radius 2 is 1.85 bits per heavy atom. The van der Waals surface area contributed by atoms with Gasteiger partial charge in [0.2, 0.25) is 0 Å². The maximum Gasteiger partial charge on any atom is 0.160 e. The SMILES string of the molecule is CC1CCC2C3CO[C@@H](C4CCCC4)O[C@@H]3CC[C@@]2(C)[C@H](CC=O)C1C. The summed E-state index contributed by atoms with van der Waals surface area (Å²) < 4.78 is 12.9. The fourth-order valence-corrected chi connectivity index (χ4v) is 7.18. The second-order valence-corrected chi connectivity index (χ2v) is 10.2. The number of carbonyl (C=O) groups is 1. The lowest BCUT2D eigenvalue weighted by atomic mass is 9.54. The van der Waals surface area contributed by atoms with Crippen molar-refractivity contribution >= 4 is 6.29 Å². The number of rotatable bonds is 3. The molecular weight excluding hydrogens is 324 g/mol. The van der Waals surface area contributed by atoms with E-state index in [2.05, 4.69) is 20.8 Å². The van der Waals surface area contributed by atoms with Crippen LogP contribution in [0.3, 0.4) is 0 Å². The topological polar surface area (TPSA) is 35.5 Å². The lowest BCUT2D eigenvalue weighted by Gasteiger charge is -2.55. The van der Waals surface area contributed by atoms with E-state index >= 15 is 0 Å². The van der Waals surface area contributed by atoms with Crippen LogP contribution in [0.4, 0.5) is 0 Å². The summed E-state index contributed by atoms with van der Waals surface area (Å²) in [6, 6.07) is 0. The maximum atomic E-state index is 11.5. The molecule has 3 nitrogen and oxygen atoms in total. The number of ether oxygens (including phenoxy) is 2. The van der Waals surface area contributed by atoms with E-state index in [1.165, 1.54) is 51.2 Å². The third-order valence-electron chi connectivity index (χ3n) is 9.02. The highest BCUT2D eigenvalue weighted by Gasteiger charge is 2.55. The van der Waals surface area contributed by atoms with Crippen LogP contribution in [-0.2, 0) is 14.3 Å². The second-order valence-electron chi connectivity index (χ2n) is 10.2. The maximum absolute atomic E-state index is 11.5. The summed E-state index contributed by atoms with van der Waals surface area (Å²) in [4.78, 5) is 11.5. The van der Waals surface area contributed by atoms with Crippen LogP contribution < -0.4 is 0 Å². The first-order valence-electron chi connectivity index (χ1n) is 11.2. The Hall–Kier alpha value is -0.410. The van der Waals surface area contributed by atoms with E-state index in [1.54, 1.807) is 0 Å². The number of aldehydes is 1. The van der Waals surface area contributed by atoms with Crippen molar-refractivity contribution in [3.05, 3.63) is 0 Å². The van der Waals surface area contributed by atoms with Crippen LogP contribution in [0.5, 0.6) is 0 Å². The Morgan fingerprint density at radius 3 is 2.58 bits per heavy atom. The van der Waals surface area contributed by atoms with Crippen LogP contribution >= 0.6 is 0 Å². The Labute approximate surface area is 159 Å². The molecule has 4 aliphatic rings. The monoisotopic (exact) mass is 362 g/mol. The van der Waals surface area contributed by atoms with Crippen molar-refractivity contribution in [2.24, 2.45) is 40.9 Å². The van der Waals surface area contributed by atoms with Gasteiger partial charge in [-0.15, -0.1) is 0 Å². The molecule has 1 aliphatic heterocycles. The molecule has 8 atom stereocenters. The first kappa shape index (κ1) is 18.9. The van der Waals surface area contributed by atoms with Gasteiger partial charge in [-0.05, 0) is 61.2 Å². The van der Waals surface area contributed by atoms with E-state index in [1.807, 2.05) is 0 Å². The molecule has 0 aromatic carbocycles. The van der Waals surface area contributed by atoms with Gasteiger partial charge in [0.25, 0.3) is 0 Å². The molecule has 0 aromatic heterocycles. The zero-order valence-electron chi connectivity index (χ0n) is 17.0. The number of hydrogen-bond donors (Lipinski definition) is 0. The minimum absolute atomic E-state index is 0.0532. The summed E-state index contributed by atoms with van der Waals surface area (Å²) >= 11 is 0.